The number of para-hydroxylation sites is 2. The summed E-state index contributed by atoms with van der Waals surface area (Å²) in [5.41, 5.74) is 2.07. The first-order valence-corrected chi connectivity index (χ1v) is 9.54. The summed E-state index contributed by atoms with van der Waals surface area (Å²) in [6, 6.07) is 7.98. The summed E-state index contributed by atoms with van der Waals surface area (Å²) in [6.07, 6.45) is 3.81. The van der Waals surface area contributed by atoms with Crippen LogP contribution < -0.4 is 0 Å². The molecule has 25 heavy (non-hydrogen) atoms. The number of benzene rings is 1. The third kappa shape index (κ3) is 2.95. The lowest BCUT2D eigenvalue weighted by atomic mass is 9.81. The van der Waals surface area contributed by atoms with Gasteiger partial charge in [-0.1, -0.05) is 19.1 Å². The largest absolute Gasteiger partial charge is 0.341 e. The molecule has 1 saturated heterocycles. The van der Waals surface area contributed by atoms with Gasteiger partial charge < -0.3 is 9.47 Å². The summed E-state index contributed by atoms with van der Waals surface area (Å²) in [6.45, 7) is 6.17. The second kappa shape index (κ2) is 6.26. The van der Waals surface area contributed by atoms with E-state index in [2.05, 4.69) is 16.9 Å². The van der Waals surface area contributed by atoms with Crippen LogP contribution in [0.15, 0.2) is 35.8 Å². The first-order valence-electron chi connectivity index (χ1n) is 8.66. The second-order valence-electron chi connectivity index (χ2n) is 7.01. The van der Waals surface area contributed by atoms with Crippen LogP contribution in [0.5, 0.6) is 0 Å². The molecule has 0 spiro atoms. The zero-order chi connectivity index (χ0) is 17.4. The first kappa shape index (κ1) is 16.3. The van der Waals surface area contributed by atoms with E-state index in [0.29, 0.717) is 6.54 Å². The lowest BCUT2D eigenvalue weighted by Crippen LogP contribution is -2.45. The maximum atomic E-state index is 12.8. The Morgan fingerprint density at radius 3 is 2.76 bits per heavy atom. The Bertz CT molecular complexity index is 891. The number of imidazole rings is 1. The highest BCUT2D eigenvalue weighted by atomic mass is 32.1. The Labute approximate surface area is 151 Å². The number of nitrogens with zero attached hydrogens (tertiary/aromatic N) is 4. The zero-order valence-electron chi connectivity index (χ0n) is 14.6. The van der Waals surface area contributed by atoms with Gasteiger partial charge in [0.15, 0.2) is 0 Å². The molecule has 0 N–H and O–H groups in total. The minimum Gasteiger partial charge on any atom is -0.341 e. The van der Waals surface area contributed by atoms with Crippen LogP contribution in [0, 0.1) is 6.92 Å². The Morgan fingerprint density at radius 1 is 1.28 bits per heavy atom. The number of rotatable bonds is 3. The number of carbonyl (C=O) groups is 1. The van der Waals surface area contributed by atoms with Gasteiger partial charge in [-0.15, -0.1) is 11.3 Å². The fraction of sp³-hybridized carbons (Fsp3) is 0.421. The Balaban J connectivity index is 1.47. The molecule has 130 valence electrons. The van der Waals surface area contributed by atoms with Crippen LogP contribution in [0.4, 0.5) is 0 Å². The Kier molecular flexibility index (Phi) is 4.07. The van der Waals surface area contributed by atoms with Gasteiger partial charge in [0.25, 0.3) is 0 Å². The third-order valence-electron chi connectivity index (χ3n) is 5.31. The molecular formula is C19H22N4OS. The van der Waals surface area contributed by atoms with Crippen molar-refractivity contribution < 1.29 is 4.79 Å². The van der Waals surface area contributed by atoms with Crippen molar-refractivity contribution in [2.24, 2.45) is 0 Å². The van der Waals surface area contributed by atoms with Crippen molar-refractivity contribution in [3.63, 3.8) is 0 Å². The molecular weight excluding hydrogens is 332 g/mol. The highest BCUT2D eigenvalue weighted by molar-refractivity contribution is 7.09. The van der Waals surface area contributed by atoms with Crippen LogP contribution in [-0.4, -0.2) is 38.4 Å². The number of thiazole rings is 1. The minimum atomic E-state index is 0.0998. The van der Waals surface area contributed by atoms with E-state index in [-0.39, 0.29) is 11.3 Å². The van der Waals surface area contributed by atoms with Gasteiger partial charge in [-0.3, -0.25) is 4.79 Å². The van der Waals surface area contributed by atoms with Crippen LogP contribution in [0.1, 0.15) is 30.6 Å². The fourth-order valence-electron chi connectivity index (χ4n) is 3.62. The van der Waals surface area contributed by atoms with E-state index in [1.165, 1.54) is 5.01 Å². The molecule has 5 nitrogen and oxygen atoms in total. The molecule has 1 aliphatic rings. The number of hydrogen-bond donors (Lipinski definition) is 0. The van der Waals surface area contributed by atoms with Gasteiger partial charge in [0.05, 0.1) is 16.0 Å². The normalized spacial score (nSPS) is 17.1. The molecule has 6 heteroatoms. The number of hydrogen-bond acceptors (Lipinski definition) is 4. The molecule has 3 aromatic rings. The second-order valence-corrected chi connectivity index (χ2v) is 7.91. The minimum absolute atomic E-state index is 0.0998. The molecule has 1 aromatic carbocycles. The standard InChI is InChI=1S/C19H22N4OS/c1-14-21-15-5-3-4-6-16(15)23(14)13-17(24)22-10-7-19(2,8-11-22)18-20-9-12-25-18/h3-6,9,12H,7-8,10-11,13H2,1-2H3. The SMILES string of the molecule is Cc1nc2ccccc2n1CC(=O)N1CCC(C)(c2nccs2)CC1. The Hall–Kier alpha value is -2.21. The number of likely N-dealkylation sites (tertiary alicyclic amines) is 1. The summed E-state index contributed by atoms with van der Waals surface area (Å²) in [4.78, 5) is 23.9. The van der Waals surface area contributed by atoms with E-state index in [1.807, 2.05) is 52.2 Å². The molecule has 1 fully saturated rings. The molecule has 0 aliphatic carbocycles. The number of piperidine rings is 1. The average molecular weight is 354 g/mol. The number of carbonyl (C=O) groups excluding carboxylic acids is 1. The Morgan fingerprint density at radius 2 is 2.04 bits per heavy atom. The summed E-state index contributed by atoms with van der Waals surface area (Å²) < 4.78 is 2.02. The van der Waals surface area contributed by atoms with E-state index in [9.17, 15) is 4.79 Å². The summed E-state index contributed by atoms with van der Waals surface area (Å²) >= 11 is 1.72. The van der Waals surface area contributed by atoms with Gasteiger partial charge in [0.1, 0.15) is 12.4 Å². The van der Waals surface area contributed by atoms with Gasteiger partial charge >= 0.3 is 0 Å². The van der Waals surface area contributed by atoms with Crippen LogP contribution in [0.2, 0.25) is 0 Å². The highest BCUT2D eigenvalue weighted by Gasteiger charge is 2.35. The molecule has 0 unspecified atom stereocenters. The average Bonchev–Trinajstić information content (AvgIpc) is 3.25. The molecule has 1 aliphatic heterocycles. The van der Waals surface area contributed by atoms with Crippen molar-refractivity contribution in [1.82, 2.24) is 19.4 Å². The molecule has 3 heterocycles. The topological polar surface area (TPSA) is 51.0 Å². The lowest BCUT2D eigenvalue weighted by Gasteiger charge is -2.38. The molecule has 0 radical (unpaired) electrons. The molecule has 2 aromatic heterocycles. The van der Waals surface area contributed by atoms with Crippen molar-refractivity contribution in [3.05, 3.63) is 46.7 Å². The summed E-state index contributed by atoms with van der Waals surface area (Å²) in [7, 11) is 0. The van der Waals surface area contributed by atoms with Crippen molar-refractivity contribution in [2.45, 2.75) is 38.6 Å². The van der Waals surface area contributed by atoms with Crippen molar-refractivity contribution in [2.75, 3.05) is 13.1 Å². The number of aromatic nitrogens is 3. The maximum absolute atomic E-state index is 12.8. The molecule has 0 bridgehead atoms. The fourth-order valence-corrected chi connectivity index (χ4v) is 4.48. The smallest absolute Gasteiger partial charge is 0.242 e. The van der Waals surface area contributed by atoms with Crippen molar-refractivity contribution in [1.29, 1.82) is 0 Å². The first-order chi connectivity index (χ1) is 12.1. The van der Waals surface area contributed by atoms with E-state index in [0.717, 1.165) is 42.8 Å². The van der Waals surface area contributed by atoms with Crippen LogP contribution >= 0.6 is 11.3 Å². The van der Waals surface area contributed by atoms with Gasteiger partial charge in [-0.2, -0.15) is 0 Å². The van der Waals surface area contributed by atoms with E-state index >= 15 is 0 Å². The van der Waals surface area contributed by atoms with Crippen LogP contribution in [0.25, 0.3) is 11.0 Å². The summed E-state index contributed by atoms with van der Waals surface area (Å²) in [5, 5.41) is 3.22. The van der Waals surface area contributed by atoms with Gasteiger partial charge in [-0.05, 0) is 31.9 Å². The highest BCUT2D eigenvalue weighted by Crippen LogP contribution is 2.36. The van der Waals surface area contributed by atoms with E-state index in [1.54, 1.807) is 11.3 Å². The van der Waals surface area contributed by atoms with Gasteiger partial charge in [0, 0.05) is 30.1 Å². The molecule has 0 saturated carbocycles. The van der Waals surface area contributed by atoms with E-state index in [4.69, 9.17) is 0 Å². The van der Waals surface area contributed by atoms with Gasteiger partial charge in [0.2, 0.25) is 5.91 Å². The maximum Gasteiger partial charge on any atom is 0.242 e. The quantitative estimate of drug-likeness (QED) is 0.724. The third-order valence-corrected chi connectivity index (χ3v) is 6.39. The molecule has 0 atom stereocenters. The number of amides is 1. The van der Waals surface area contributed by atoms with E-state index < -0.39 is 0 Å². The van der Waals surface area contributed by atoms with Crippen LogP contribution in [0.3, 0.4) is 0 Å². The number of aryl methyl sites for hydroxylation is 1. The molecule has 4 rings (SSSR count). The van der Waals surface area contributed by atoms with Crippen molar-refractivity contribution in [3.8, 4) is 0 Å². The van der Waals surface area contributed by atoms with Crippen molar-refractivity contribution >= 4 is 28.3 Å². The summed E-state index contributed by atoms with van der Waals surface area (Å²) in [5.74, 6) is 1.06. The molecule has 1 amide bonds. The lowest BCUT2D eigenvalue weighted by molar-refractivity contribution is -0.133. The monoisotopic (exact) mass is 354 g/mol. The van der Waals surface area contributed by atoms with Crippen LogP contribution in [-0.2, 0) is 16.8 Å². The number of fused-ring (bicyclic) bond motifs is 1. The predicted molar refractivity (Wildman–Crippen MR) is 99.8 cm³/mol. The van der Waals surface area contributed by atoms with Gasteiger partial charge in [-0.25, -0.2) is 9.97 Å². The predicted octanol–water partition coefficient (Wildman–Crippen LogP) is 3.38. The zero-order valence-corrected chi connectivity index (χ0v) is 15.4.